The van der Waals surface area contributed by atoms with Crippen LogP contribution in [0.2, 0.25) is 0 Å². The maximum absolute atomic E-state index is 13.0. The summed E-state index contributed by atoms with van der Waals surface area (Å²) in [6.45, 7) is 2.81. The van der Waals surface area contributed by atoms with Gasteiger partial charge in [0.25, 0.3) is 10.0 Å². The van der Waals surface area contributed by atoms with E-state index in [2.05, 4.69) is 14.6 Å². The van der Waals surface area contributed by atoms with Crippen LogP contribution in [0.5, 0.6) is 5.75 Å². The van der Waals surface area contributed by atoms with Crippen molar-refractivity contribution in [1.82, 2.24) is 5.16 Å². The molecule has 0 radical (unpaired) electrons. The summed E-state index contributed by atoms with van der Waals surface area (Å²) in [6.07, 6.45) is -4.68. The van der Waals surface area contributed by atoms with Crippen LogP contribution in [0.15, 0.2) is 27.6 Å². The average Bonchev–Trinajstić information content (AvgIpc) is 2.77. The molecule has 2 aromatic rings. The highest BCUT2D eigenvalue weighted by Crippen LogP contribution is 2.38. The zero-order valence-corrected chi connectivity index (χ0v) is 13.2. The number of halogens is 3. The van der Waals surface area contributed by atoms with Crippen LogP contribution in [0.1, 0.15) is 17.0 Å². The fourth-order valence-corrected chi connectivity index (χ4v) is 3.44. The van der Waals surface area contributed by atoms with Crippen molar-refractivity contribution in [2.75, 3.05) is 11.8 Å². The van der Waals surface area contributed by atoms with Crippen LogP contribution >= 0.6 is 0 Å². The summed E-state index contributed by atoms with van der Waals surface area (Å²) in [6, 6.07) is 2.87. The van der Waals surface area contributed by atoms with E-state index >= 15 is 0 Å². The molecule has 0 aliphatic carbocycles. The van der Waals surface area contributed by atoms with Crippen LogP contribution in [0.25, 0.3) is 0 Å². The molecule has 0 fully saturated rings. The Labute approximate surface area is 130 Å². The molecule has 0 aliphatic rings. The molecule has 0 saturated carbocycles. The molecule has 10 heteroatoms. The molecule has 0 aliphatic heterocycles. The predicted molar refractivity (Wildman–Crippen MR) is 74.8 cm³/mol. The number of nitrogens with zero attached hydrogens (tertiary/aromatic N) is 1. The molecular formula is C13H13F3N2O4S. The lowest BCUT2D eigenvalue weighted by Crippen LogP contribution is -2.15. The molecule has 23 heavy (non-hydrogen) atoms. The third-order valence-electron chi connectivity index (χ3n) is 2.99. The van der Waals surface area contributed by atoms with Gasteiger partial charge in [0.1, 0.15) is 11.4 Å². The Hall–Kier alpha value is -2.23. The molecule has 0 amide bonds. The molecule has 0 atom stereocenters. The maximum Gasteiger partial charge on any atom is 0.420 e. The molecule has 0 saturated heterocycles. The van der Waals surface area contributed by atoms with Gasteiger partial charge in [0.2, 0.25) is 0 Å². The monoisotopic (exact) mass is 350 g/mol. The summed E-state index contributed by atoms with van der Waals surface area (Å²) in [4.78, 5) is -0.207. The number of ether oxygens (including phenoxy) is 1. The third kappa shape index (κ3) is 3.41. The van der Waals surface area contributed by atoms with Gasteiger partial charge in [-0.1, -0.05) is 5.16 Å². The number of aromatic nitrogens is 1. The molecule has 0 spiro atoms. The Morgan fingerprint density at radius 1 is 1.26 bits per heavy atom. The van der Waals surface area contributed by atoms with Crippen molar-refractivity contribution in [3.63, 3.8) is 0 Å². The summed E-state index contributed by atoms with van der Waals surface area (Å²) >= 11 is 0. The van der Waals surface area contributed by atoms with Gasteiger partial charge in [-0.05, 0) is 32.0 Å². The molecule has 0 bridgehead atoms. The minimum absolute atomic E-state index is 0.0413. The summed E-state index contributed by atoms with van der Waals surface area (Å²) < 4.78 is 75.0. The van der Waals surface area contributed by atoms with Gasteiger partial charge in [0.05, 0.1) is 12.7 Å². The fourth-order valence-electron chi connectivity index (χ4n) is 2.06. The van der Waals surface area contributed by atoms with Gasteiger partial charge in [-0.15, -0.1) is 0 Å². The molecule has 2 rings (SSSR count). The standard InChI is InChI=1S/C13H13F3N2O4S/c1-7-12(8(2)22-17-7)23(19,20)18-9-4-5-11(21-3)10(6-9)13(14,15)16/h4-6,18H,1-3H3. The van der Waals surface area contributed by atoms with Gasteiger partial charge < -0.3 is 9.26 Å². The lowest BCUT2D eigenvalue weighted by atomic mass is 10.1. The number of hydrogen-bond donors (Lipinski definition) is 1. The lowest BCUT2D eigenvalue weighted by Gasteiger charge is -2.14. The number of methoxy groups -OCH3 is 1. The normalized spacial score (nSPS) is 12.3. The smallest absolute Gasteiger partial charge is 0.420 e. The number of alkyl halides is 3. The highest BCUT2D eigenvalue weighted by atomic mass is 32.2. The molecule has 0 unspecified atom stereocenters. The molecule has 1 aromatic carbocycles. The van der Waals surface area contributed by atoms with Crippen LogP contribution in [0.4, 0.5) is 18.9 Å². The number of sulfonamides is 1. The Morgan fingerprint density at radius 2 is 1.91 bits per heavy atom. The van der Waals surface area contributed by atoms with Crippen LogP contribution in [0, 0.1) is 13.8 Å². The first-order valence-corrected chi connectivity index (χ1v) is 7.75. The number of hydrogen-bond acceptors (Lipinski definition) is 5. The SMILES string of the molecule is COc1ccc(NS(=O)(=O)c2c(C)noc2C)cc1C(F)(F)F. The summed E-state index contributed by atoms with van der Waals surface area (Å²) in [7, 11) is -3.03. The average molecular weight is 350 g/mol. The summed E-state index contributed by atoms with van der Waals surface area (Å²) in [5, 5.41) is 3.51. The maximum atomic E-state index is 13.0. The van der Waals surface area contributed by atoms with Crippen molar-refractivity contribution in [2.45, 2.75) is 24.9 Å². The van der Waals surface area contributed by atoms with Crippen molar-refractivity contribution in [3.05, 3.63) is 35.2 Å². The Bertz CT molecular complexity index is 809. The number of benzene rings is 1. The number of nitrogens with one attached hydrogen (secondary N) is 1. The van der Waals surface area contributed by atoms with Gasteiger partial charge in [0.15, 0.2) is 10.7 Å². The third-order valence-corrected chi connectivity index (χ3v) is 4.62. The van der Waals surface area contributed by atoms with Crippen molar-refractivity contribution in [1.29, 1.82) is 0 Å². The van der Waals surface area contributed by atoms with E-state index in [1.54, 1.807) is 0 Å². The highest BCUT2D eigenvalue weighted by molar-refractivity contribution is 7.92. The van der Waals surface area contributed by atoms with Crippen LogP contribution in [-0.4, -0.2) is 20.7 Å². The highest BCUT2D eigenvalue weighted by Gasteiger charge is 2.35. The van der Waals surface area contributed by atoms with E-state index in [0.717, 1.165) is 13.2 Å². The second-order valence-electron chi connectivity index (χ2n) is 4.67. The van der Waals surface area contributed by atoms with Crippen molar-refractivity contribution < 1.29 is 30.8 Å². The largest absolute Gasteiger partial charge is 0.496 e. The van der Waals surface area contributed by atoms with Crippen LogP contribution < -0.4 is 9.46 Å². The van der Waals surface area contributed by atoms with E-state index in [1.807, 2.05) is 0 Å². The summed E-state index contributed by atoms with van der Waals surface area (Å²) in [5.41, 5.74) is -1.23. The number of aryl methyl sites for hydroxylation is 2. The molecule has 6 nitrogen and oxygen atoms in total. The second kappa shape index (κ2) is 5.76. The first-order chi connectivity index (χ1) is 10.6. The zero-order valence-electron chi connectivity index (χ0n) is 12.4. The molecule has 1 N–H and O–H groups in total. The Balaban J connectivity index is 2.45. The van der Waals surface area contributed by atoms with E-state index in [-0.39, 0.29) is 22.0 Å². The number of anilines is 1. The second-order valence-corrected chi connectivity index (χ2v) is 6.29. The van der Waals surface area contributed by atoms with Gasteiger partial charge in [-0.2, -0.15) is 13.2 Å². The van der Waals surface area contributed by atoms with E-state index in [4.69, 9.17) is 4.52 Å². The Morgan fingerprint density at radius 3 is 2.39 bits per heavy atom. The van der Waals surface area contributed by atoms with Crippen molar-refractivity contribution >= 4 is 15.7 Å². The van der Waals surface area contributed by atoms with Gasteiger partial charge >= 0.3 is 6.18 Å². The van der Waals surface area contributed by atoms with E-state index in [0.29, 0.717) is 6.07 Å². The van der Waals surface area contributed by atoms with Crippen molar-refractivity contribution in [2.24, 2.45) is 0 Å². The molecule has 1 aromatic heterocycles. The minimum Gasteiger partial charge on any atom is -0.496 e. The van der Waals surface area contributed by atoms with E-state index in [9.17, 15) is 21.6 Å². The quantitative estimate of drug-likeness (QED) is 0.916. The molecule has 126 valence electrons. The minimum atomic E-state index is -4.68. The fraction of sp³-hybridized carbons (Fsp3) is 0.308. The van der Waals surface area contributed by atoms with Crippen molar-refractivity contribution in [3.8, 4) is 5.75 Å². The van der Waals surface area contributed by atoms with E-state index < -0.39 is 27.5 Å². The topological polar surface area (TPSA) is 81.4 Å². The van der Waals surface area contributed by atoms with Crippen LogP contribution in [0.3, 0.4) is 0 Å². The van der Waals surface area contributed by atoms with E-state index in [1.165, 1.54) is 19.9 Å². The Kier molecular flexibility index (Phi) is 4.29. The van der Waals surface area contributed by atoms with Gasteiger partial charge in [-0.25, -0.2) is 8.42 Å². The molecular weight excluding hydrogens is 337 g/mol. The predicted octanol–water partition coefficient (Wildman–Crippen LogP) is 3.12. The van der Waals surface area contributed by atoms with Gasteiger partial charge in [0, 0.05) is 5.69 Å². The zero-order chi connectivity index (χ0) is 17.4. The van der Waals surface area contributed by atoms with Crippen LogP contribution in [-0.2, 0) is 16.2 Å². The summed E-state index contributed by atoms with van der Waals surface area (Å²) in [5.74, 6) is -0.364. The first kappa shape index (κ1) is 17.1. The van der Waals surface area contributed by atoms with Gasteiger partial charge in [-0.3, -0.25) is 4.72 Å². The lowest BCUT2D eigenvalue weighted by molar-refractivity contribution is -0.138. The number of rotatable bonds is 4. The first-order valence-electron chi connectivity index (χ1n) is 6.27. The molecule has 1 heterocycles.